The van der Waals surface area contributed by atoms with Crippen molar-refractivity contribution < 1.29 is 14.4 Å². The Morgan fingerprint density at radius 1 is 0.487 bits per heavy atom. The van der Waals surface area contributed by atoms with E-state index in [0.29, 0.717) is 54.7 Å². The lowest BCUT2D eigenvalue weighted by Crippen LogP contribution is -2.42. The number of benzene rings is 8. The number of aliphatic imine (C=N–C) groups is 3. The van der Waals surface area contributed by atoms with Gasteiger partial charge in [-0.15, -0.1) is 12.4 Å². The smallest absolute Gasteiger partial charge is 0.183 e. The lowest BCUT2D eigenvalue weighted by molar-refractivity contribution is -0.122. The van der Waals surface area contributed by atoms with Crippen molar-refractivity contribution in [2.75, 3.05) is 78.9 Å². The van der Waals surface area contributed by atoms with Crippen LogP contribution in [-0.4, -0.2) is 157 Å². The summed E-state index contributed by atoms with van der Waals surface area (Å²) in [6.07, 6.45) is 23.8. The summed E-state index contributed by atoms with van der Waals surface area (Å²) in [5.74, 6) is 0.468. The standard InChI is InChI=1S/C26H25N7O.C20H23N3.C14H10BrN3O.C13H17N3.C12H15NO.C8H8N2.ClH/c34-26(10-17-7-8-27-28-14-17)25-12-18-3-5-22(13-24(18)31-25)33-9-1-2-21(16-33)30-20-4-6-23-19(11-20)15-29-32-23;1-2-5-16(6-3-1)14-23-10-4-7-20(15-23)22-19-9-8-17-12-21-13-18(17)11-19;15-11-2-1-10-6-13(18-12(10)7-11)14(19)5-9-3-4-16-17-8-9;1-2-13(9-14-5-1)16-12-4-3-10-7-15-8-11(10)6-12;14-12-7-4-8-13(10-12)9-11-5-2-1-3-6-11;9-8-2-1-6-4-10-5-7(6)3-8;/h3-8,11-15,21,30-31H,1-2,9-10,16H2,(H,29,32);1-3,5-6,8-9,11,13,20,22H,4,7,10,12,14-15H2;1-4,6-8,18H,5H2;3-4,6,8,13-14,16H,1-2,5,7,9H2;1-3,5-6H,4,7-10H2;1-3,5H,4,9H2;1H. The normalized spacial score (nSPS) is 17.0. The molecular weight excluding hydrogens is 1550 g/mol. The number of hydrogen-bond acceptors (Lipinski definition) is 19. The highest BCUT2D eigenvalue weighted by Crippen LogP contribution is 2.30. The number of nitrogens with zero attached hydrogens (tertiary/aromatic N) is 11. The number of H-pyrrole nitrogens is 3. The third-order valence-corrected chi connectivity index (χ3v) is 22.2. The first-order chi connectivity index (χ1) is 56.9. The molecule has 12 heterocycles. The van der Waals surface area contributed by atoms with Crippen LogP contribution in [0.15, 0.2) is 245 Å². The van der Waals surface area contributed by atoms with E-state index in [1.54, 1.807) is 30.9 Å². The van der Waals surface area contributed by atoms with E-state index in [4.69, 9.17) is 5.73 Å². The van der Waals surface area contributed by atoms with E-state index in [1.165, 1.54) is 93.8 Å². The second-order valence-electron chi connectivity index (χ2n) is 30.6. The molecule has 4 fully saturated rings. The van der Waals surface area contributed by atoms with Gasteiger partial charge in [-0.3, -0.25) is 44.3 Å². The maximum Gasteiger partial charge on any atom is 0.183 e. The Bertz CT molecular complexity index is 5560. The van der Waals surface area contributed by atoms with Crippen LogP contribution in [0.4, 0.5) is 28.4 Å². The predicted molar refractivity (Wildman–Crippen MR) is 478 cm³/mol. The molecule has 8 aromatic carbocycles. The van der Waals surface area contributed by atoms with Gasteiger partial charge in [-0.2, -0.15) is 25.5 Å². The van der Waals surface area contributed by atoms with Crippen molar-refractivity contribution in [2.24, 2.45) is 15.0 Å². The van der Waals surface area contributed by atoms with Crippen molar-refractivity contribution in [3.05, 3.63) is 297 Å². The fourth-order valence-corrected chi connectivity index (χ4v) is 16.1. The maximum absolute atomic E-state index is 12.7. The number of halogens is 2. The molecule has 4 saturated heterocycles. The van der Waals surface area contributed by atoms with Gasteiger partial charge in [0.25, 0.3) is 0 Å². The first kappa shape index (κ1) is 81.7. The number of anilines is 5. The molecule has 3 unspecified atom stereocenters. The minimum absolute atomic E-state index is 0. The number of carbonyl (C=O) groups excluding carboxylic acids is 3. The maximum atomic E-state index is 12.7. The van der Waals surface area contributed by atoms with E-state index in [1.807, 2.05) is 97.6 Å². The van der Waals surface area contributed by atoms with Crippen LogP contribution in [-0.2, 0) is 50.4 Å². The van der Waals surface area contributed by atoms with Gasteiger partial charge in [0.2, 0.25) is 0 Å². The van der Waals surface area contributed by atoms with Crippen molar-refractivity contribution in [2.45, 2.75) is 115 Å². The number of hydrogen-bond donors (Lipinski definition) is 8. The van der Waals surface area contributed by atoms with E-state index >= 15 is 0 Å². The lowest BCUT2D eigenvalue weighted by atomic mass is 10.0. The van der Waals surface area contributed by atoms with Crippen molar-refractivity contribution in [1.82, 2.24) is 55.7 Å². The monoisotopic (exact) mass is 1640 g/mol. The van der Waals surface area contributed by atoms with E-state index in [-0.39, 0.29) is 24.0 Å². The molecule has 3 atom stereocenters. The van der Waals surface area contributed by atoms with Gasteiger partial charge in [0.05, 0.1) is 61.7 Å². The Labute approximate surface area is 696 Å². The summed E-state index contributed by atoms with van der Waals surface area (Å²) in [7, 11) is 0. The van der Waals surface area contributed by atoms with Gasteiger partial charge in [-0.1, -0.05) is 107 Å². The molecule has 117 heavy (non-hydrogen) atoms. The molecule has 20 rings (SSSR count). The summed E-state index contributed by atoms with van der Waals surface area (Å²) >= 11 is 3.41. The summed E-state index contributed by atoms with van der Waals surface area (Å²) in [5, 5.41) is 39.8. The summed E-state index contributed by atoms with van der Waals surface area (Å²) in [6, 6.07) is 67.7. The summed E-state index contributed by atoms with van der Waals surface area (Å²) in [4.78, 5) is 62.5. The second kappa shape index (κ2) is 40.6. The topological polar surface area (TPSA) is 284 Å². The number of carbonyl (C=O) groups is 3. The Morgan fingerprint density at radius 3 is 1.64 bits per heavy atom. The van der Waals surface area contributed by atoms with Gasteiger partial charge in [0.1, 0.15) is 5.78 Å². The number of aromatic nitrogens is 8. The number of fused-ring (bicyclic) bond motifs is 6. The molecule has 13 aromatic rings. The molecule has 7 aliphatic rings. The number of rotatable bonds is 17. The molecular formula is C93H99BrClN19O3. The lowest BCUT2D eigenvalue weighted by Gasteiger charge is -2.35. The van der Waals surface area contributed by atoms with Crippen molar-refractivity contribution >= 4 is 125 Å². The number of Topliss-reactive ketones (excluding diaryl/α,β-unsaturated/α-hetero) is 3. The fourth-order valence-electron chi connectivity index (χ4n) is 15.7. The molecule has 0 amide bonds. The number of piperidine rings is 4. The summed E-state index contributed by atoms with van der Waals surface area (Å²) in [6.45, 7) is 12.6. The molecule has 5 aromatic heterocycles. The number of nitrogen functional groups attached to an aromatic ring is 1. The second-order valence-corrected chi connectivity index (χ2v) is 31.5. The zero-order chi connectivity index (χ0) is 79.2. The summed E-state index contributed by atoms with van der Waals surface area (Å²) in [5.41, 5.74) is 27.4. The molecule has 9 N–H and O–H groups in total. The average Bonchev–Trinajstić information content (AvgIpc) is 1.70. The van der Waals surface area contributed by atoms with Crippen LogP contribution in [0.25, 0.3) is 32.7 Å². The van der Waals surface area contributed by atoms with E-state index < -0.39 is 0 Å². The van der Waals surface area contributed by atoms with Crippen LogP contribution in [0, 0.1) is 0 Å². The van der Waals surface area contributed by atoms with Crippen LogP contribution >= 0.6 is 28.3 Å². The Morgan fingerprint density at radius 2 is 1.03 bits per heavy atom. The molecule has 0 bridgehead atoms. The Kier molecular flexibility index (Phi) is 28.4. The fraction of sp³-hybridized carbons (Fsp3) is 0.280. The van der Waals surface area contributed by atoms with Gasteiger partial charge < -0.3 is 41.9 Å². The molecule has 0 saturated carbocycles. The van der Waals surface area contributed by atoms with E-state index in [0.717, 1.165) is 157 Å². The summed E-state index contributed by atoms with van der Waals surface area (Å²) < 4.78 is 0.985. The van der Waals surface area contributed by atoms with Gasteiger partial charge >= 0.3 is 0 Å². The van der Waals surface area contributed by atoms with Crippen LogP contribution in [0.5, 0.6) is 0 Å². The quantitative estimate of drug-likeness (QED) is 0.0311. The first-order valence-electron chi connectivity index (χ1n) is 40.3. The van der Waals surface area contributed by atoms with Gasteiger partial charge in [0, 0.05) is 168 Å². The number of nitrogens with one attached hydrogen (secondary N) is 7. The molecule has 598 valence electrons. The van der Waals surface area contributed by atoms with Crippen LogP contribution < -0.4 is 31.9 Å². The van der Waals surface area contributed by atoms with E-state index in [9.17, 15) is 14.4 Å². The number of nitrogens with two attached hydrogens (primary N) is 1. The molecule has 24 heteroatoms. The number of ketones is 3. The highest BCUT2D eigenvalue weighted by Gasteiger charge is 2.24. The number of likely N-dealkylation sites (tertiary alicyclic amines) is 2. The molecule has 7 aliphatic heterocycles. The zero-order valence-electron chi connectivity index (χ0n) is 65.6. The SMILES string of the molecule is C1=NCc2ccc(NC3CCCN(Cc4ccccc4)C3)cc21.C1=NCc2ccc(NC3CCCNC3)cc21.Cl.Nc1ccc2c(c1)C=NC2.O=C(Cc1ccnnc1)c1cc2ccc(Br)cc2[nH]1.O=C(Cc1ccnnc1)c1cc2ccc(N3CCCC(Nc4ccc5[nH]ncc5c4)C3)cc2[nH]1.O=C1CCCN(Cc2ccccc2)C1. The molecule has 0 radical (unpaired) electrons. The third kappa shape index (κ3) is 23.3. The van der Waals surface area contributed by atoms with Crippen molar-refractivity contribution in [1.29, 1.82) is 0 Å². The minimum Gasteiger partial charge on any atom is -0.399 e. The van der Waals surface area contributed by atoms with Gasteiger partial charge in [-0.05, 0) is 223 Å². The van der Waals surface area contributed by atoms with E-state index in [2.05, 4.69) is 223 Å². The molecule has 0 aliphatic carbocycles. The largest absolute Gasteiger partial charge is 0.399 e. The predicted octanol–water partition coefficient (Wildman–Crippen LogP) is 16.4. The molecule has 22 nitrogen and oxygen atoms in total. The highest BCUT2D eigenvalue weighted by atomic mass is 79.9. The van der Waals surface area contributed by atoms with Crippen molar-refractivity contribution in [3.63, 3.8) is 0 Å². The Hall–Kier alpha value is -11.9. The van der Waals surface area contributed by atoms with Crippen LogP contribution in [0.1, 0.15) is 128 Å². The van der Waals surface area contributed by atoms with Gasteiger partial charge in [0.15, 0.2) is 11.6 Å². The number of aromatic amines is 3. The first-order valence-corrected chi connectivity index (χ1v) is 41.1. The van der Waals surface area contributed by atoms with Gasteiger partial charge in [-0.25, -0.2) is 0 Å². The van der Waals surface area contributed by atoms with Crippen LogP contribution in [0.2, 0.25) is 0 Å². The third-order valence-electron chi connectivity index (χ3n) is 21.7. The average molecular weight is 1650 g/mol. The zero-order valence-corrected chi connectivity index (χ0v) is 68.0. The Balaban J connectivity index is 0.000000120. The van der Waals surface area contributed by atoms with Crippen LogP contribution in [0.3, 0.4) is 0 Å². The molecule has 0 spiro atoms. The highest BCUT2D eigenvalue weighted by molar-refractivity contribution is 9.10. The minimum atomic E-state index is 0. The van der Waals surface area contributed by atoms with Crippen molar-refractivity contribution in [3.8, 4) is 0 Å².